The number of sulfonamides is 1. The minimum atomic E-state index is -3.77. The number of benzene rings is 2. The van der Waals surface area contributed by atoms with Crippen molar-refractivity contribution in [2.45, 2.75) is 18.7 Å². The van der Waals surface area contributed by atoms with Crippen molar-refractivity contribution in [2.75, 3.05) is 64.9 Å². The molecule has 2 aromatic carbocycles. The van der Waals surface area contributed by atoms with E-state index < -0.39 is 16.1 Å². The standard InChI is InChI=1S/C26H33N5O5S2/c1-5-36-26(33)29-13-15-30(16-14-29)38(34,35)21-9-7-20(8-10-21)24(32)31(17-12-28(3)4)25-27-22-11-6-19(2)18-23(22)37-25/h6-11,18H,5,12-17H2,1-4H3. The molecule has 1 aliphatic rings. The quantitative estimate of drug-likeness (QED) is 0.417. The molecule has 0 unspecified atom stereocenters. The van der Waals surface area contributed by atoms with Crippen LogP contribution in [-0.4, -0.2) is 99.5 Å². The Labute approximate surface area is 227 Å². The summed E-state index contributed by atoms with van der Waals surface area (Å²) in [6.45, 7) is 5.98. The van der Waals surface area contributed by atoms with E-state index in [1.807, 2.05) is 38.1 Å². The van der Waals surface area contributed by atoms with E-state index >= 15 is 0 Å². The Bertz CT molecular complexity index is 1400. The Morgan fingerprint density at radius 1 is 1.03 bits per heavy atom. The van der Waals surface area contributed by atoms with Crippen LogP contribution in [0.25, 0.3) is 10.2 Å². The number of piperazine rings is 1. The Morgan fingerprint density at radius 2 is 1.71 bits per heavy atom. The summed E-state index contributed by atoms with van der Waals surface area (Å²) < 4.78 is 33.8. The molecule has 0 atom stereocenters. The topological polar surface area (TPSA) is 103 Å². The molecule has 4 rings (SSSR count). The summed E-state index contributed by atoms with van der Waals surface area (Å²) >= 11 is 1.46. The molecule has 1 saturated heterocycles. The molecule has 1 aromatic heterocycles. The number of amides is 2. The Balaban J connectivity index is 1.52. The molecule has 0 aliphatic carbocycles. The first-order valence-corrected chi connectivity index (χ1v) is 14.7. The largest absolute Gasteiger partial charge is 0.450 e. The van der Waals surface area contributed by atoms with E-state index in [0.717, 1.165) is 15.8 Å². The normalized spacial score (nSPS) is 14.7. The lowest BCUT2D eigenvalue weighted by molar-refractivity contribution is 0.0933. The van der Waals surface area contributed by atoms with Gasteiger partial charge in [-0.05, 0) is 69.9 Å². The smallest absolute Gasteiger partial charge is 0.409 e. The molecule has 0 N–H and O–H groups in total. The lowest BCUT2D eigenvalue weighted by atomic mass is 10.2. The zero-order valence-electron chi connectivity index (χ0n) is 22.1. The molecule has 10 nitrogen and oxygen atoms in total. The molecule has 38 heavy (non-hydrogen) atoms. The number of carbonyl (C=O) groups is 2. The van der Waals surface area contributed by atoms with E-state index in [2.05, 4.69) is 6.07 Å². The van der Waals surface area contributed by atoms with Gasteiger partial charge >= 0.3 is 6.09 Å². The maximum atomic E-state index is 13.6. The highest BCUT2D eigenvalue weighted by Gasteiger charge is 2.31. The van der Waals surface area contributed by atoms with Gasteiger partial charge in [0.15, 0.2) is 5.13 Å². The minimum Gasteiger partial charge on any atom is -0.450 e. The maximum Gasteiger partial charge on any atom is 0.409 e. The van der Waals surface area contributed by atoms with Crippen LogP contribution in [0.5, 0.6) is 0 Å². The monoisotopic (exact) mass is 559 g/mol. The summed E-state index contributed by atoms with van der Waals surface area (Å²) in [5.41, 5.74) is 2.34. The zero-order chi connectivity index (χ0) is 27.4. The second kappa shape index (κ2) is 11.8. The first-order chi connectivity index (χ1) is 18.1. The number of rotatable bonds is 8. The first kappa shape index (κ1) is 28.0. The lowest BCUT2D eigenvalue weighted by Gasteiger charge is -2.33. The third-order valence-corrected chi connectivity index (χ3v) is 9.24. The first-order valence-electron chi connectivity index (χ1n) is 12.5. The summed E-state index contributed by atoms with van der Waals surface area (Å²) in [7, 11) is 0.114. The molecule has 3 aromatic rings. The Kier molecular flexibility index (Phi) is 8.66. The van der Waals surface area contributed by atoms with Gasteiger partial charge in [0.1, 0.15) is 0 Å². The van der Waals surface area contributed by atoms with Gasteiger partial charge < -0.3 is 14.5 Å². The van der Waals surface area contributed by atoms with Gasteiger partial charge in [0.25, 0.3) is 5.91 Å². The number of nitrogens with zero attached hydrogens (tertiary/aromatic N) is 5. The van der Waals surface area contributed by atoms with Gasteiger partial charge in [-0.3, -0.25) is 9.69 Å². The van der Waals surface area contributed by atoms with Crippen molar-refractivity contribution < 1.29 is 22.7 Å². The van der Waals surface area contributed by atoms with E-state index in [9.17, 15) is 18.0 Å². The van der Waals surface area contributed by atoms with E-state index in [0.29, 0.717) is 23.8 Å². The fourth-order valence-electron chi connectivity index (χ4n) is 4.12. The molecule has 2 heterocycles. The average Bonchev–Trinajstić information content (AvgIpc) is 3.31. The van der Waals surface area contributed by atoms with Crippen LogP contribution in [-0.2, 0) is 14.8 Å². The summed E-state index contributed by atoms with van der Waals surface area (Å²) in [5.74, 6) is -0.241. The fraction of sp³-hybridized carbons (Fsp3) is 0.423. The van der Waals surface area contributed by atoms with Crippen LogP contribution >= 0.6 is 11.3 Å². The summed E-state index contributed by atoms with van der Waals surface area (Å²) in [6.07, 6.45) is -0.436. The lowest BCUT2D eigenvalue weighted by Crippen LogP contribution is -2.50. The number of fused-ring (bicyclic) bond motifs is 1. The molecule has 2 amide bonds. The van der Waals surface area contributed by atoms with Gasteiger partial charge in [0.05, 0.1) is 21.7 Å². The molecular weight excluding hydrogens is 526 g/mol. The number of likely N-dealkylation sites (N-methyl/N-ethyl adjacent to an activating group) is 1. The number of aromatic nitrogens is 1. The van der Waals surface area contributed by atoms with Gasteiger partial charge in [-0.15, -0.1) is 0 Å². The Morgan fingerprint density at radius 3 is 2.34 bits per heavy atom. The van der Waals surface area contributed by atoms with Crippen LogP contribution in [0.1, 0.15) is 22.8 Å². The van der Waals surface area contributed by atoms with Gasteiger partial charge in [-0.25, -0.2) is 18.2 Å². The Hall–Kier alpha value is -3.06. The zero-order valence-corrected chi connectivity index (χ0v) is 23.7. The van der Waals surface area contributed by atoms with Gasteiger partial charge in [-0.1, -0.05) is 17.4 Å². The van der Waals surface area contributed by atoms with Gasteiger partial charge in [-0.2, -0.15) is 4.31 Å². The number of anilines is 1. The van der Waals surface area contributed by atoms with Crippen LogP contribution in [0.2, 0.25) is 0 Å². The number of hydrogen-bond donors (Lipinski definition) is 0. The molecule has 0 saturated carbocycles. The van der Waals surface area contributed by atoms with Crippen LogP contribution in [0, 0.1) is 6.92 Å². The van der Waals surface area contributed by atoms with Crippen LogP contribution in [0.4, 0.5) is 9.93 Å². The fourth-order valence-corrected chi connectivity index (χ4v) is 6.63. The average molecular weight is 560 g/mol. The van der Waals surface area contributed by atoms with Crippen molar-refractivity contribution >= 4 is 48.7 Å². The van der Waals surface area contributed by atoms with E-state index in [1.165, 1.54) is 32.7 Å². The van der Waals surface area contributed by atoms with Crippen molar-refractivity contribution in [1.82, 2.24) is 19.1 Å². The molecule has 0 bridgehead atoms. The van der Waals surface area contributed by atoms with Crippen molar-refractivity contribution in [3.8, 4) is 0 Å². The predicted molar refractivity (Wildman–Crippen MR) is 148 cm³/mol. The third-order valence-electron chi connectivity index (χ3n) is 6.28. The highest BCUT2D eigenvalue weighted by Crippen LogP contribution is 2.30. The number of ether oxygens (including phenoxy) is 1. The number of hydrogen-bond acceptors (Lipinski definition) is 8. The summed E-state index contributed by atoms with van der Waals surface area (Å²) in [5, 5.41) is 0.605. The van der Waals surface area contributed by atoms with Crippen molar-refractivity contribution in [3.05, 3.63) is 53.6 Å². The molecular formula is C26H33N5O5S2. The van der Waals surface area contributed by atoms with Crippen molar-refractivity contribution in [1.29, 1.82) is 0 Å². The van der Waals surface area contributed by atoms with E-state index in [-0.39, 0.29) is 43.6 Å². The summed E-state index contributed by atoms with van der Waals surface area (Å²) in [6, 6.07) is 12.0. The summed E-state index contributed by atoms with van der Waals surface area (Å²) in [4.78, 5) is 35.5. The molecule has 0 spiro atoms. The molecule has 0 radical (unpaired) electrons. The molecule has 1 aliphatic heterocycles. The van der Waals surface area contributed by atoms with Crippen molar-refractivity contribution in [3.63, 3.8) is 0 Å². The molecule has 12 heteroatoms. The SMILES string of the molecule is CCOC(=O)N1CCN(S(=O)(=O)c2ccc(C(=O)N(CCN(C)C)c3nc4ccc(C)cc4s3)cc2)CC1. The van der Waals surface area contributed by atoms with Crippen LogP contribution < -0.4 is 4.90 Å². The molecule has 204 valence electrons. The third kappa shape index (κ3) is 6.15. The van der Waals surface area contributed by atoms with Crippen LogP contribution in [0.3, 0.4) is 0 Å². The second-order valence-electron chi connectivity index (χ2n) is 9.34. The van der Waals surface area contributed by atoms with Gasteiger partial charge in [0, 0.05) is 44.8 Å². The minimum absolute atomic E-state index is 0.105. The number of thiazole rings is 1. The highest BCUT2D eigenvalue weighted by atomic mass is 32.2. The number of aryl methyl sites for hydroxylation is 1. The maximum absolute atomic E-state index is 13.6. The van der Waals surface area contributed by atoms with E-state index in [4.69, 9.17) is 9.72 Å². The highest BCUT2D eigenvalue weighted by molar-refractivity contribution is 7.89. The number of carbonyl (C=O) groups excluding carboxylic acids is 2. The van der Waals surface area contributed by atoms with Gasteiger partial charge in [0.2, 0.25) is 10.0 Å². The van der Waals surface area contributed by atoms with E-state index in [1.54, 1.807) is 24.0 Å². The molecule has 1 fully saturated rings. The predicted octanol–water partition coefficient (Wildman–Crippen LogP) is 3.28. The van der Waals surface area contributed by atoms with Crippen LogP contribution in [0.15, 0.2) is 47.4 Å². The second-order valence-corrected chi connectivity index (χ2v) is 12.3. The van der Waals surface area contributed by atoms with Crippen molar-refractivity contribution in [2.24, 2.45) is 0 Å².